The van der Waals surface area contributed by atoms with Gasteiger partial charge in [0.2, 0.25) is 11.8 Å². The lowest BCUT2D eigenvalue weighted by Gasteiger charge is -2.11. The highest BCUT2D eigenvalue weighted by molar-refractivity contribution is 5.90. The molecule has 2 amide bonds. The summed E-state index contributed by atoms with van der Waals surface area (Å²) in [6.45, 7) is 0.939. The third-order valence-corrected chi connectivity index (χ3v) is 3.63. The van der Waals surface area contributed by atoms with Crippen molar-refractivity contribution in [1.82, 2.24) is 25.8 Å². The van der Waals surface area contributed by atoms with Gasteiger partial charge in [-0.2, -0.15) is 0 Å². The Kier molecular flexibility index (Phi) is 5.35. The first-order valence-corrected chi connectivity index (χ1v) is 8.03. The molecule has 9 heteroatoms. The van der Waals surface area contributed by atoms with Crippen LogP contribution in [0.25, 0.3) is 0 Å². The number of amides is 2. The number of hydrogen-bond donors (Lipinski definition) is 4. The average Bonchev–Trinajstić information content (AvgIpc) is 3.07. The van der Waals surface area contributed by atoms with E-state index >= 15 is 0 Å². The van der Waals surface area contributed by atoms with E-state index in [1.807, 2.05) is 18.2 Å². The van der Waals surface area contributed by atoms with E-state index in [0.717, 1.165) is 0 Å². The fourth-order valence-corrected chi connectivity index (χ4v) is 2.37. The van der Waals surface area contributed by atoms with Crippen molar-refractivity contribution in [2.45, 2.75) is 18.9 Å². The van der Waals surface area contributed by atoms with E-state index in [-0.39, 0.29) is 11.8 Å². The summed E-state index contributed by atoms with van der Waals surface area (Å²) < 4.78 is 0. The molecule has 1 fully saturated rings. The number of anilines is 3. The van der Waals surface area contributed by atoms with Gasteiger partial charge in [0, 0.05) is 25.7 Å². The Labute approximate surface area is 144 Å². The SMILES string of the molecule is O=C1CCC(C(=O)NCCNc2ccc(Nc3ccccn3)nn2)N1. The van der Waals surface area contributed by atoms with Crippen molar-refractivity contribution in [1.29, 1.82) is 0 Å². The van der Waals surface area contributed by atoms with Crippen molar-refractivity contribution in [3.63, 3.8) is 0 Å². The molecule has 25 heavy (non-hydrogen) atoms. The Bertz CT molecular complexity index is 721. The number of aromatic nitrogens is 3. The molecule has 0 spiro atoms. The molecule has 1 atom stereocenters. The first-order chi connectivity index (χ1) is 12.2. The molecule has 1 aliphatic rings. The number of hydrogen-bond acceptors (Lipinski definition) is 7. The van der Waals surface area contributed by atoms with E-state index in [4.69, 9.17) is 0 Å². The van der Waals surface area contributed by atoms with Gasteiger partial charge in [-0.3, -0.25) is 9.59 Å². The van der Waals surface area contributed by atoms with Crippen LogP contribution >= 0.6 is 0 Å². The van der Waals surface area contributed by atoms with Gasteiger partial charge >= 0.3 is 0 Å². The lowest BCUT2D eigenvalue weighted by Crippen LogP contribution is -2.43. The molecule has 1 unspecified atom stereocenters. The van der Waals surface area contributed by atoms with Crippen LogP contribution in [0.3, 0.4) is 0 Å². The Hall–Kier alpha value is -3.23. The number of pyridine rings is 1. The lowest BCUT2D eigenvalue weighted by molar-refractivity contribution is -0.125. The van der Waals surface area contributed by atoms with Crippen LogP contribution in [-0.4, -0.2) is 46.1 Å². The summed E-state index contributed by atoms with van der Waals surface area (Å²) in [6.07, 6.45) is 2.65. The predicted molar refractivity (Wildman–Crippen MR) is 92.2 cm³/mol. The van der Waals surface area contributed by atoms with E-state index in [2.05, 4.69) is 36.4 Å². The van der Waals surface area contributed by atoms with E-state index in [0.29, 0.717) is 43.4 Å². The van der Waals surface area contributed by atoms with E-state index < -0.39 is 6.04 Å². The first kappa shape index (κ1) is 16.6. The number of rotatable bonds is 7. The third-order valence-electron chi connectivity index (χ3n) is 3.63. The second-order valence-corrected chi connectivity index (χ2v) is 5.52. The van der Waals surface area contributed by atoms with E-state index in [1.54, 1.807) is 18.3 Å². The summed E-state index contributed by atoms with van der Waals surface area (Å²) in [6, 6.07) is 8.72. The van der Waals surface area contributed by atoms with Crippen molar-refractivity contribution in [2.24, 2.45) is 0 Å². The summed E-state index contributed by atoms with van der Waals surface area (Å²) in [5.41, 5.74) is 0. The fraction of sp³-hybridized carbons (Fsp3) is 0.312. The molecular weight excluding hydrogens is 322 g/mol. The Morgan fingerprint density at radius 1 is 1.12 bits per heavy atom. The highest BCUT2D eigenvalue weighted by Gasteiger charge is 2.26. The summed E-state index contributed by atoms with van der Waals surface area (Å²) in [5.74, 6) is 1.66. The molecule has 1 aliphatic heterocycles. The summed E-state index contributed by atoms with van der Waals surface area (Å²) in [4.78, 5) is 27.1. The largest absolute Gasteiger partial charge is 0.367 e. The van der Waals surface area contributed by atoms with Crippen molar-refractivity contribution in [2.75, 3.05) is 23.7 Å². The van der Waals surface area contributed by atoms with E-state index in [1.165, 1.54) is 0 Å². The third kappa shape index (κ3) is 4.87. The number of nitrogens with one attached hydrogen (secondary N) is 4. The predicted octanol–water partition coefficient (Wildman–Crippen LogP) is 0.422. The molecule has 3 heterocycles. The standard InChI is InChI=1S/C16H19N7O2/c24-15-7-4-11(20-15)16(25)19-10-9-18-13-5-6-14(23-22-13)21-12-3-1-2-8-17-12/h1-3,5-6,8,11H,4,7,9-10H2,(H,18,22)(H,19,25)(H,20,24)(H,17,21,23). The van der Waals surface area contributed by atoms with Gasteiger partial charge < -0.3 is 21.3 Å². The molecule has 0 bridgehead atoms. The minimum Gasteiger partial charge on any atom is -0.367 e. The molecule has 1 saturated heterocycles. The second-order valence-electron chi connectivity index (χ2n) is 5.52. The van der Waals surface area contributed by atoms with Gasteiger partial charge in [0.15, 0.2) is 5.82 Å². The zero-order valence-electron chi connectivity index (χ0n) is 13.5. The molecule has 4 N–H and O–H groups in total. The Morgan fingerprint density at radius 3 is 2.64 bits per heavy atom. The van der Waals surface area contributed by atoms with Crippen LogP contribution in [0, 0.1) is 0 Å². The first-order valence-electron chi connectivity index (χ1n) is 8.03. The van der Waals surface area contributed by atoms with Crippen molar-refractivity contribution < 1.29 is 9.59 Å². The van der Waals surface area contributed by atoms with Crippen LogP contribution in [0.5, 0.6) is 0 Å². The number of nitrogens with zero attached hydrogens (tertiary/aromatic N) is 3. The molecule has 9 nitrogen and oxygen atoms in total. The van der Waals surface area contributed by atoms with Gasteiger partial charge in [-0.1, -0.05) is 6.07 Å². The highest BCUT2D eigenvalue weighted by Crippen LogP contribution is 2.11. The van der Waals surface area contributed by atoms with Gasteiger partial charge in [-0.05, 0) is 30.7 Å². The molecule has 130 valence electrons. The summed E-state index contributed by atoms with van der Waals surface area (Å²) in [5, 5.41) is 19.6. The average molecular weight is 341 g/mol. The van der Waals surface area contributed by atoms with Gasteiger partial charge in [0.05, 0.1) is 0 Å². The van der Waals surface area contributed by atoms with Crippen LogP contribution in [-0.2, 0) is 9.59 Å². The normalized spacial score (nSPS) is 16.2. The smallest absolute Gasteiger partial charge is 0.242 e. The number of carbonyl (C=O) groups excluding carboxylic acids is 2. The topological polar surface area (TPSA) is 121 Å². The van der Waals surface area contributed by atoms with Crippen LogP contribution in [0.1, 0.15) is 12.8 Å². The Morgan fingerprint density at radius 2 is 1.96 bits per heavy atom. The van der Waals surface area contributed by atoms with Gasteiger partial charge in [0.25, 0.3) is 0 Å². The monoisotopic (exact) mass is 341 g/mol. The summed E-state index contributed by atoms with van der Waals surface area (Å²) in [7, 11) is 0. The molecule has 0 aliphatic carbocycles. The molecule has 0 aromatic carbocycles. The maximum atomic E-state index is 11.8. The van der Waals surface area contributed by atoms with Crippen LogP contribution in [0.15, 0.2) is 36.5 Å². The molecule has 2 aromatic rings. The van der Waals surface area contributed by atoms with Crippen LogP contribution in [0.2, 0.25) is 0 Å². The van der Waals surface area contributed by atoms with Crippen LogP contribution < -0.4 is 21.3 Å². The lowest BCUT2D eigenvalue weighted by atomic mass is 10.2. The maximum absolute atomic E-state index is 11.8. The zero-order valence-corrected chi connectivity index (χ0v) is 13.5. The molecule has 0 radical (unpaired) electrons. The highest BCUT2D eigenvalue weighted by atomic mass is 16.2. The Balaban J connectivity index is 1.38. The van der Waals surface area contributed by atoms with Crippen molar-refractivity contribution >= 4 is 29.3 Å². The molecule has 2 aromatic heterocycles. The van der Waals surface area contributed by atoms with Gasteiger partial charge in [0.1, 0.15) is 17.7 Å². The minimum absolute atomic E-state index is 0.0760. The van der Waals surface area contributed by atoms with Gasteiger partial charge in [-0.25, -0.2) is 4.98 Å². The fourth-order valence-electron chi connectivity index (χ4n) is 2.37. The van der Waals surface area contributed by atoms with Crippen molar-refractivity contribution in [3.05, 3.63) is 36.5 Å². The molecule has 0 saturated carbocycles. The van der Waals surface area contributed by atoms with Crippen molar-refractivity contribution in [3.8, 4) is 0 Å². The second kappa shape index (κ2) is 8.04. The summed E-state index contributed by atoms with van der Waals surface area (Å²) >= 11 is 0. The van der Waals surface area contributed by atoms with Gasteiger partial charge in [-0.15, -0.1) is 10.2 Å². The minimum atomic E-state index is -0.413. The number of carbonyl (C=O) groups is 2. The molecule has 3 rings (SSSR count). The molecular formula is C16H19N7O2. The van der Waals surface area contributed by atoms with E-state index in [9.17, 15) is 9.59 Å². The maximum Gasteiger partial charge on any atom is 0.242 e. The van der Waals surface area contributed by atoms with Crippen LogP contribution in [0.4, 0.5) is 17.5 Å². The zero-order chi connectivity index (χ0) is 17.5. The quantitative estimate of drug-likeness (QED) is 0.539.